The normalized spacial score (nSPS) is 9.95. The first-order valence-corrected chi connectivity index (χ1v) is 6.55. The summed E-state index contributed by atoms with van der Waals surface area (Å²) >= 11 is 0. The van der Waals surface area contributed by atoms with Crippen molar-refractivity contribution in [2.45, 2.75) is 13.8 Å². The van der Waals surface area contributed by atoms with E-state index in [1.54, 1.807) is 32.0 Å². The molecule has 2 aromatic rings. The molecule has 114 valence electrons. The molecule has 6 heteroatoms. The Kier molecular flexibility index (Phi) is 4.37. The van der Waals surface area contributed by atoms with Crippen molar-refractivity contribution in [3.8, 4) is 17.6 Å². The number of hydrogen-bond acceptors (Lipinski definition) is 5. The van der Waals surface area contributed by atoms with Crippen LogP contribution < -0.4 is 14.8 Å². The summed E-state index contributed by atoms with van der Waals surface area (Å²) in [5.41, 5.74) is 1.24. The zero-order valence-corrected chi connectivity index (χ0v) is 12.8. The minimum absolute atomic E-state index is 0.121. The number of nitrogens with one attached hydrogen (secondary N) is 1. The van der Waals surface area contributed by atoms with Crippen LogP contribution in [0.15, 0.2) is 22.6 Å². The number of furan rings is 1. The molecule has 1 aromatic heterocycles. The average molecular weight is 300 g/mol. The maximum atomic E-state index is 12.5. The van der Waals surface area contributed by atoms with Crippen molar-refractivity contribution in [3.63, 3.8) is 0 Å². The second-order valence-electron chi connectivity index (χ2n) is 4.59. The van der Waals surface area contributed by atoms with Crippen LogP contribution in [0.2, 0.25) is 0 Å². The van der Waals surface area contributed by atoms with Gasteiger partial charge in [0, 0.05) is 5.56 Å². The second kappa shape index (κ2) is 6.22. The van der Waals surface area contributed by atoms with E-state index in [-0.39, 0.29) is 11.4 Å². The Morgan fingerprint density at radius 3 is 2.32 bits per heavy atom. The molecule has 0 unspecified atom stereocenters. The van der Waals surface area contributed by atoms with Crippen LogP contribution >= 0.6 is 0 Å². The summed E-state index contributed by atoms with van der Waals surface area (Å²) in [6.07, 6.45) is 0. The highest BCUT2D eigenvalue weighted by molar-refractivity contribution is 6.08. The monoisotopic (exact) mass is 300 g/mol. The van der Waals surface area contributed by atoms with E-state index in [1.807, 2.05) is 6.07 Å². The Hall–Kier alpha value is -2.94. The number of carbonyl (C=O) groups excluding carboxylic acids is 1. The number of nitrogens with zero attached hydrogens (tertiary/aromatic N) is 1. The van der Waals surface area contributed by atoms with Crippen LogP contribution in [0, 0.1) is 25.2 Å². The van der Waals surface area contributed by atoms with Crippen molar-refractivity contribution in [3.05, 3.63) is 40.6 Å². The average Bonchev–Trinajstić information content (AvgIpc) is 2.79. The lowest BCUT2D eigenvalue weighted by atomic mass is 10.1. The zero-order chi connectivity index (χ0) is 16.3. The predicted molar refractivity (Wildman–Crippen MR) is 80.4 cm³/mol. The maximum absolute atomic E-state index is 12.5. The number of methoxy groups -OCH3 is 2. The number of hydrogen-bond donors (Lipinski definition) is 1. The predicted octanol–water partition coefficient (Wildman–Crippen LogP) is 3.04. The fourth-order valence-electron chi connectivity index (χ4n) is 2.09. The van der Waals surface area contributed by atoms with E-state index < -0.39 is 5.91 Å². The topological polar surface area (TPSA) is 84.5 Å². The fourth-order valence-corrected chi connectivity index (χ4v) is 2.09. The molecule has 0 spiro atoms. The minimum Gasteiger partial charge on any atom is -0.496 e. The van der Waals surface area contributed by atoms with Gasteiger partial charge in [-0.1, -0.05) is 6.07 Å². The first-order chi connectivity index (χ1) is 10.5. The van der Waals surface area contributed by atoms with Gasteiger partial charge in [0.2, 0.25) is 5.88 Å². The fraction of sp³-hybridized carbons (Fsp3) is 0.250. The number of rotatable bonds is 4. The molecule has 0 atom stereocenters. The SMILES string of the molecule is COc1cccc(OC)c1C(=O)Nc1oc(C)c(C)c1C#N. The summed E-state index contributed by atoms with van der Waals surface area (Å²) in [6, 6.07) is 7.05. The van der Waals surface area contributed by atoms with E-state index in [9.17, 15) is 10.1 Å². The number of aryl methyl sites for hydroxylation is 1. The molecule has 0 aliphatic heterocycles. The van der Waals surface area contributed by atoms with E-state index in [4.69, 9.17) is 13.9 Å². The molecule has 1 aromatic carbocycles. The van der Waals surface area contributed by atoms with Gasteiger partial charge in [-0.2, -0.15) is 5.26 Å². The summed E-state index contributed by atoms with van der Waals surface area (Å²) in [7, 11) is 2.93. The lowest BCUT2D eigenvalue weighted by Gasteiger charge is -2.12. The Morgan fingerprint density at radius 1 is 1.23 bits per heavy atom. The maximum Gasteiger partial charge on any atom is 0.265 e. The molecule has 0 radical (unpaired) electrons. The van der Waals surface area contributed by atoms with Gasteiger partial charge in [-0.15, -0.1) is 0 Å². The van der Waals surface area contributed by atoms with Gasteiger partial charge in [0.05, 0.1) is 14.2 Å². The van der Waals surface area contributed by atoms with Gasteiger partial charge < -0.3 is 13.9 Å². The van der Waals surface area contributed by atoms with Crippen LogP contribution in [-0.2, 0) is 0 Å². The molecule has 1 heterocycles. The molecule has 1 amide bonds. The summed E-state index contributed by atoms with van der Waals surface area (Å²) in [6.45, 7) is 3.49. The minimum atomic E-state index is -0.473. The molecular weight excluding hydrogens is 284 g/mol. The van der Waals surface area contributed by atoms with Crippen molar-refractivity contribution in [2.75, 3.05) is 19.5 Å². The van der Waals surface area contributed by atoms with Gasteiger partial charge in [-0.05, 0) is 26.0 Å². The van der Waals surface area contributed by atoms with Gasteiger partial charge in [-0.3, -0.25) is 10.1 Å². The van der Waals surface area contributed by atoms with E-state index in [0.717, 1.165) is 0 Å². The Bertz CT molecular complexity index is 734. The molecular formula is C16H16N2O4. The molecule has 1 N–H and O–H groups in total. The summed E-state index contributed by atoms with van der Waals surface area (Å²) in [4.78, 5) is 12.5. The molecule has 0 aliphatic carbocycles. The van der Waals surface area contributed by atoms with E-state index in [2.05, 4.69) is 5.32 Å². The van der Waals surface area contributed by atoms with Gasteiger partial charge in [0.15, 0.2) is 0 Å². The Balaban J connectivity index is 2.43. The lowest BCUT2D eigenvalue weighted by molar-refractivity contribution is 0.101. The largest absolute Gasteiger partial charge is 0.496 e. The molecule has 0 saturated heterocycles. The van der Waals surface area contributed by atoms with E-state index >= 15 is 0 Å². The van der Waals surface area contributed by atoms with Crippen LogP contribution in [0.5, 0.6) is 11.5 Å². The third kappa shape index (κ3) is 2.61. The summed E-state index contributed by atoms with van der Waals surface area (Å²) < 4.78 is 15.8. The van der Waals surface area contributed by atoms with Crippen LogP contribution in [-0.4, -0.2) is 20.1 Å². The first-order valence-electron chi connectivity index (χ1n) is 6.55. The van der Waals surface area contributed by atoms with Crippen LogP contribution in [0.1, 0.15) is 27.2 Å². The summed E-state index contributed by atoms with van der Waals surface area (Å²) in [5, 5.41) is 11.8. The Labute approximate surface area is 128 Å². The molecule has 0 saturated carbocycles. The zero-order valence-electron chi connectivity index (χ0n) is 12.8. The van der Waals surface area contributed by atoms with Crippen molar-refractivity contribution in [1.82, 2.24) is 0 Å². The van der Waals surface area contributed by atoms with Gasteiger partial charge in [0.25, 0.3) is 5.91 Å². The van der Waals surface area contributed by atoms with Crippen molar-refractivity contribution in [2.24, 2.45) is 0 Å². The highest BCUT2D eigenvalue weighted by Crippen LogP contribution is 2.31. The quantitative estimate of drug-likeness (QED) is 0.938. The third-order valence-electron chi connectivity index (χ3n) is 3.38. The van der Waals surface area contributed by atoms with E-state index in [1.165, 1.54) is 14.2 Å². The molecule has 0 bridgehead atoms. The highest BCUT2D eigenvalue weighted by Gasteiger charge is 2.22. The Morgan fingerprint density at radius 2 is 1.82 bits per heavy atom. The first kappa shape index (κ1) is 15.4. The molecule has 6 nitrogen and oxygen atoms in total. The molecule has 0 aliphatic rings. The van der Waals surface area contributed by atoms with Crippen LogP contribution in [0.3, 0.4) is 0 Å². The number of ether oxygens (including phenoxy) is 2. The van der Waals surface area contributed by atoms with Gasteiger partial charge >= 0.3 is 0 Å². The second-order valence-corrected chi connectivity index (χ2v) is 4.59. The van der Waals surface area contributed by atoms with Crippen molar-refractivity contribution >= 4 is 11.8 Å². The summed E-state index contributed by atoms with van der Waals surface area (Å²) in [5.74, 6) is 0.972. The number of anilines is 1. The number of amides is 1. The van der Waals surface area contributed by atoms with Crippen molar-refractivity contribution in [1.29, 1.82) is 5.26 Å². The van der Waals surface area contributed by atoms with Gasteiger partial charge in [-0.25, -0.2) is 0 Å². The third-order valence-corrected chi connectivity index (χ3v) is 3.38. The highest BCUT2D eigenvalue weighted by atomic mass is 16.5. The number of benzene rings is 1. The van der Waals surface area contributed by atoms with E-state index in [0.29, 0.717) is 28.4 Å². The molecule has 22 heavy (non-hydrogen) atoms. The van der Waals surface area contributed by atoms with Crippen LogP contribution in [0.25, 0.3) is 0 Å². The molecule has 2 rings (SSSR count). The number of nitriles is 1. The molecule has 0 fully saturated rings. The van der Waals surface area contributed by atoms with Crippen molar-refractivity contribution < 1.29 is 18.7 Å². The van der Waals surface area contributed by atoms with Crippen LogP contribution in [0.4, 0.5) is 5.88 Å². The smallest absolute Gasteiger partial charge is 0.265 e. The lowest BCUT2D eigenvalue weighted by Crippen LogP contribution is -2.14. The standard InChI is InChI=1S/C16H16N2O4/c1-9-10(2)22-16(11(9)8-17)18-15(19)14-12(20-3)6-5-7-13(14)21-4/h5-7H,1-4H3,(H,18,19). The number of carbonyl (C=O) groups is 1. The van der Waals surface area contributed by atoms with Gasteiger partial charge in [0.1, 0.15) is 34.5 Å².